The Hall–Kier alpha value is -1.59. The molecule has 0 spiro atoms. The van der Waals surface area contributed by atoms with Crippen molar-refractivity contribution >= 4 is 5.96 Å². The van der Waals surface area contributed by atoms with Gasteiger partial charge in [0.2, 0.25) is 0 Å². The second-order valence-corrected chi connectivity index (χ2v) is 7.81. The van der Waals surface area contributed by atoms with E-state index >= 15 is 0 Å². The van der Waals surface area contributed by atoms with Crippen LogP contribution in [0.5, 0.6) is 0 Å². The maximum Gasteiger partial charge on any atom is 0.191 e. The van der Waals surface area contributed by atoms with Gasteiger partial charge in [-0.15, -0.1) is 0 Å². The monoisotopic (exact) mass is 348 g/mol. The standard InChI is InChI=1S/C20H36N4O/c1-17(13-25-14-18-10-8-7-9-11-18)12-22-19(21-4)23-15-20(2,3)16-24(5)6/h7-11,17H,12-16H2,1-6H3,(H2,21,22,23). The summed E-state index contributed by atoms with van der Waals surface area (Å²) in [6.07, 6.45) is 0. The number of benzene rings is 1. The maximum absolute atomic E-state index is 5.80. The summed E-state index contributed by atoms with van der Waals surface area (Å²) < 4.78 is 5.80. The molecule has 0 aliphatic carbocycles. The first-order valence-corrected chi connectivity index (χ1v) is 9.03. The van der Waals surface area contributed by atoms with Gasteiger partial charge in [-0.25, -0.2) is 0 Å². The summed E-state index contributed by atoms with van der Waals surface area (Å²) in [5, 5.41) is 6.81. The highest BCUT2D eigenvalue weighted by molar-refractivity contribution is 5.79. The van der Waals surface area contributed by atoms with Gasteiger partial charge in [0.15, 0.2) is 5.96 Å². The Morgan fingerprint density at radius 2 is 1.88 bits per heavy atom. The lowest BCUT2D eigenvalue weighted by Crippen LogP contribution is -2.46. The molecule has 1 rings (SSSR count). The number of hydrogen-bond donors (Lipinski definition) is 2. The molecule has 5 heteroatoms. The summed E-state index contributed by atoms with van der Waals surface area (Å²) in [7, 11) is 6.02. The molecular formula is C20H36N4O. The molecule has 1 aromatic rings. The zero-order chi connectivity index (χ0) is 18.7. The van der Waals surface area contributed by atoms with Crippen molar-refractivity contribution in [3.05, 3.63) is 35.9 Å². The van der Waals surface area contributed by atoms with E-state index in [9.17, 15) is 0 Å². The summed E-state index contributed by atoms with van der Waals surface area (Å²) in [4.78, 5) is 6.52. The Morgan fingerprint density at radius 3 is 2.48 bits per heavy atom. The van der Waals surface area contributed by atoms with Gasteiger partial charge in [0.25, 0.3) is 0 Å². The van der Waals surface area contributed by atoms with Crippen LogP contribution in [0.3, 0.4) is 0 Å². The van der Waals surface area contributed by atoms with Gasteiger partial charge in [0.1, 0.15) is 0 Å². The highest BCUT2D eigenvalue weighted by Crippen LogP contribution is 2.13. The molecule has 1 atom stereocenters. The SMILES string of the molecule is CN=C(NCC(C)COCc1ccccc1)NCC(C)(C)CN(C)C. The molecule has 0 aliphatic heterocycles. The molecule has 5 nitrogen and oxygen atoms in total. The summed E-state index contributed by atoms with van der Waals surface area (Å²) in [5.74, 6) is 1.26. The number of nitrogens with one attached hydrogen (secondary N) is 2. The first kappa shape index (κ1) is 21.5. The van der Waals surface area contributed by atoms with Crippen molar-refractivity contribution in [2.45, 2.75) is 27.4 Å². The fourth-order valence-corrected chi connectivity index (χ4v) is 2.74. The second kappa shape index (κ2) is 11.1. The lowest BCUT2D eigenvalue weighted by Gasteiger charge is -2.29. The zero-order valence-electron chi connectivity index (χ0n) is 16.8. The molecule has 0 saturated carbocycles. The van der Waals surface area contributed by atoms with Crippen LogP contribution in [0.25, 0.3) is 0 Å². The third-order valence-electron chi connectivity index (χ3n) is 3.83. The van der Waals surface area contributed by atoms with E-state index in [1.807, 2.05) is 25.2 Å². The van der Waals surface area contributed by atoms with Crippen molar-refractivity contribution in [1.82, 2.24) is 15.5 Å². The average molecular weight is 349 g/mol. The summed E-state index contributed by atoms with van der Waals surface area (Å²) in [6, 6.07) is 10.3. The topological polar surface area (TPSA) is 48.9 Å². The number of aliphatic imine (C=N–C) groups is 1. The lowest BCUT2D eigenvalue weighted by molar-refractivity contribution is 0.0931. The van der Waals surface area contributed by atoms with Crippen LogP contribution in [0.15, 0.2) is 35.3 Å². The van der Waals surface area contributed by atoms with Gasteiger partial charge in [-0.1, -0.05) is 51.1 Å². The van der Waals surface area contributed by atoms with Gasteiger partial charge >= 0.3 is 0 Å². The van der Waals surface area contributed by atoms with Crippen LogP contribution in [-0.2, 0) is 11.3 Å². The van der Waals surface area contributed by atoms with Gasteiger partial charge in [-0.3, -0.25) is 4.99 Å². The van der Waals surface area contributed by atoms with E-state index in [0.717, 1.165) is 32.2 Å². The van der Waals surface area contributed by atoms with E-state index in [2.05, 4.69) is 67.5 Å². The van der Waals surface area contributed by atoms with Gasteiger partial charge in [0, 0.05) is 26.7 Å². The molecule has 0 saturated heterocycles. The molecular weight excluding hydrogens is 312 g/mol. The van der Waals surface area contributed by atoms with E-state index < -0.39 is 0 Å². The van der Waals surface area contributed by atoms with Crippen LogP contribution in [-0.4, -0.2) is 58.2 Å². The summed E-state index contributed by atoms with van der Waals surface area (Å²) in [6.45, 7) is 10.8. The Balaban J connectivity index is 2.24. The van der Waals surface area contributed by atoms with E-state index in [0.29, 0.717) is 12.5 Å². The normalized spacial score (nSPS) is 13.8. The quantitative estimate of drug-likeness (QED) is 0.504. The predicted octanol–water partition coefficient (Wildman–Crippen LogP) is 2.59. The smallest absolute Gasteiger partial charge is 0.191 e. The molecule has 0 aliphatic rings. The number of ether oxygens (including phenoxy) is 1. The Kier molecular flexibility index (Phi) is 9.53. The summed E-state index contributed by atoms with van der Waals surface area (Å²) >= 11 is 0. The minimum Gasteiger partial charge on any atom is -0.376 e. The van der Waals surface area contributed by atoms with Gasteiger partial charge in [-0.2, -0.15) is 0 Å². The van der Waals surface area contributed by atoms with Gasteiger partial charge in [-0.05, 0) is 31.0 Å². The molecule has 25 heavy (non-hydrogen) atoms. The predicted molar refractivity (Wildman–Crippen MR) is 107 cm³/mol. The van der Waals surface area contributed by atoms with E-state index in [1.165, 1.54) is 5.56 Å². The minimum atomic E-state index is 0.186. The highest BCUT2D eigenvalue weighted by atomic mass is 16.5. The van der Waals surface area contributed by atoms with E-state index in [1.54, 1.807) is 0 Å². The van der Waals surface area contributed by atoms with Crippen LogP contribution in [0, 0.1) is 11.3 Å². The van der Waals surface area contributed by atoms with E-state index in [4.69, 9.17) is 4.74 Å². The molecule has 2 N–H and O–H groups in total. The van der Waals surface area contributed by atoms with Crippen LogP contribution < -0.4 is 10.6 Å². The number of guanidine groups is 1. The third kappa shape index (κ3) is 10.1. The van der Waals surface area contributed by atoms with Gasteiger partial charge < -0.3 is 20.3 Å². The van der Waals surface area contributed by atoms with Crippen molar-refractivity contribution in [2.24, 2.45) is 16.3 Å². The highest BCUT2D eigenvalue weighted by Gasteiger charge is 2.19. The van der Waals surface area contributed by atoms with Crippen LogP contribution in [0.2, 0.25) is 0 Å². The molecule has 1 unspecified atom stereocenters. The van der Waals surface area contributed by atoms with Gasteiger partial charge in [0.05, 0.1) is 13.2 Å². The van der Waals surface area contributed by atoms with Crippen molar-refractivity contribution in [2.75, 3.05) is 47.4 Å². The Labute approximate surface area is 153 Å². The Bertz CT molecular complexity index is 500. The maximum atomic E-state index is 5.80. The van der Waals surface area contributed by atoms with Crippen molar-refractivity contribution in [3.8, 4) is 0 Å². The number of nitrogens with zero attached hydrogens (tertiary/aromatic N) is 2. The molecule has 0 amide bonds. The minimum absolute atomic E-state index is 0.186. The van der Waals surface area contributed by atoms with Crippen molar-refractivity contribution < 1.29 is 4.74 Å². The molecule has 142 valence electrons. The van der Waals surface area contributed by atoms with Crippen LogP contribution in [0.4, 0.5) is 0 Å². The van der Waals surface area contributed by atoms with Crippen molar-refractivity contribution in [3.63, 3.8) is 0 Å². The number of hydrogen-bond acceptors (Lipinski definition) is 3. The molecule has 0 aromatic heterocycles. The molecule has 1 aromatic carbocycles. The largest absolute Gasteiger partial charge is 0.376 e. The lowest BCUT2D eigenvalue weighted by atomic mass is 9.93. The zero-order valence-corrected chi connectivity index (χ0v) is 16.8. The second-order valence-electron chi connectivity index (χ2n) is 7.81. The van der Waals surface area contributed by atoms with Crippen LogP contribution in [0.1, 0.15) is 26.3 Å². The molecule has 0 radical (unpaired) electrons. The van der Waals surface area contributed by atoms with Crippen LogP contribution >= 0.6 is 0 Å². The van der Waals surface area contributed by atoms with E-state index in [-0.39, 0.29) is 5.41 Å². The molecule has 0 heterocycles. The summed E-state index contributed by atoms with van der Waals surface area (Å²) in [5.41, 5.74) is 1.40. The van der Waals surface area contributed by atoms with Crippen molar-refractivity contribution in [1.29, 1.82) is 0 Å². The molecule has 0 bridgehead atoms. The fraction of sp³-hybridized carbons (Fsp3) is 0.650. The number of rotatable bonds is 10. The average Bonchev–Trinajstić information content (AvgIpc) is 2.54. The first-order valence-electron chi connectivity index (χ1n) is 9.03. The Morgan fingerprint density at radius 1 is 1.20 bits per heavy atom. The molecule has 0 fully saturated rings. The fourth-order valence-electron chi connectivity index (χ4n) is 2.74. The first-order chi connectivity index (χ1) is 11.8. The third-order valence-corrected chi connectivity index (χ3v) is 3.83.